The molecule has 6 nitrogen and oxygen atoms in total. The van der Waals surface area contributed by atoms with Crippen molar-refractivity contribution in [3.63, 3.8) is 0 Å². The standard InChI is InChI=1S/C18H15F4N5O/c1-9-7-13(11-3-2-6-23-15(11)19)25-16-12(8-24-27(9)16)17(28)26-14(10-4-5-10)18(20,21)22/h2-3,6-8,10,14H,4-5H2,1H3,(H,26,28)/t14-/m1/s1. The van der Waals surface area contributed by atoms with Gasteiger partial charge in [-0.25, -0.2) is 14.5 Å². The van der Waals surface area contributed by atoms with E-state index in [4.69, 9.17) is 0 Å². The van der Waals surface area contributed by atoms with Crippen LogP contribution in [-0.4, -0.2) is 37.7 Å². The van der Waals surface area contributed by atoms with Crippen molar-refractivity contribution < 1.29 is 22.4 Å². The molecule has 3 aromatic heterocycles. The molecule has 1 atom stereocenters. The predicted octanol–water partition coefficient (Wildman–Crippen LogP) is 3.31. The SMILES string of the molecule is Cc1cc(-c2cccnc2F)nc2c(C(=O)N[C@H](C3CC3)C(F)(F)F)cnn12. The van der Waals surface area contributed by atoms with E-state index >= 15 is 0 Å². The number of alkyl halides is 3. The van der Waals surface area contributed by atoms with Crippen LogP contribution in [0.2, 0.25) is 0 Å². The molecule has 0 aromatic carbocycles. The van der Waals surface area contributed by atoms with Crippen LogP contribution in [0, 0.1) is 18.8 Å². The van der Waals surface area contributed by atoms with Gasteiger partial charge in [-0.1, -0.05) is 0 Å². The summed E-state index contributed by atoms with van der Waals surface area (Å²) in [7, 11) is 0. The van der Waals surface area contributed by atoms with E-state index in [9.17, 15) is 22.4 Å². The summed E-state index contributed by atoms with van der Waals surface area (Å²) >= 11 is 0. The number of rotatable bonds is 4. The second-order valence-electron chi connectivity index (χ2n) is 6.75. The van der Waals surface area contributed by atoms with Gasteiger partial charge in [0, 0.05) is 11.9 Å². The van der Waals surface area contributed by atoms with Gasteiger partial charge in [-0.2, -0.15) is 22.7 Å². The van der Waals surface area contributed by atoms with Gasteiger partial charge >= 0.3 is 6.18 Å². The highest BCUT2D eigenvalue weighted by molar-refractivity contribution is 6.00. The highest BCUT2D eigenvalue weighted by Crippen LogP contribution is 2.40. The Balaban J connectivity index is 1.74. The lowest BCUT2D eigenvalue weighted by molar-refractivity contribution is -0.158. The Labute approximate surface area is 156 Å². The normalized spacial score (nSPS) is 15.6. The fourth-order valence-corrected chi connectivity index (χ4v) is 3.10. The lowest BCUT2D eigenvalue weighted by Crippen LogP contribution is -2.46. The first-order valence-electron chi connectivity index (χ1n) is 8.59. The molecule has 0 unspecified atom stereocenters. The number of aryl methyl sites for hydroxylation is 1. The van der Waals surface area contributed by atoms with E-state index < -0.39 is 30.0 Å². The van der Waals surface area contributed by atoms with Gasteiger partial charge in [0.15, 0.2) is 5.65 Å². The maximum Gasteiger partial charge on any atom is 0.408 e. The zero-order valence-corrected chi connectivity index (χ0v) is 14.7. The molecule has 1 amide bonds. The summed E-state index contributed by atoms with van der Waals surface area (Å²) in [5.41, 5.74) is 0.806. The first-order valence-corrected chi connectivity index (χ1v) is 8.59. The van der Waals surface area contributed by atoms with E-state index in [1.807, 2.05) is 0 Å². The second-order valence-corrected chi connectivity index (χ2v) is 6.75. The van der Waals surface area contributed by atoms with Crippen molar-refractivity contribution in [1.29, 1.82) is 0 Å². The summed E-state index contributed by atoms with van der Waals surface area (Å²) in [6, 6.07) is 2.66. The molecule has 1 aliphatic carbocycles. The van der Waals surface area contributed by atoms with E-state index in [1.165, 1.54) is 22.8 Å². The number of aromatic nitrogens is 4. The van der Waals surface area contributed by atoms with E-state index in [2.05, 4.69) is 20.4 Å². The van der Waals surface area contributed by atoms with Gasteiger partial charge in [0.05, 0.1) is 17.5 Å². The number of halogens is 4. The van der Waals surface area contributed by atoms with Crippen LogP contribution in [0.15, 0.2) is 30.6 Å². The van der Waals surface area contributed by atoms with Gasteiger partial charge in [0.25, 0.3) is 5.91 Å². The third kappa shape index (κ3) is 3.30. The van der Waals surface area contributed by atoms with Crippen LogP contribution < -0.4 is 5.32 Å². The molecule has 1 aliphatic rings. The largest absolute Gasteiger partial charge is 0.408 e. The summed E-state index contributed by atoms with van der Waals surface area (Å²) in [5, 5.41) is 6.09. The maximum atomic E-state index is 14.0. The highest BCUT2D eigenvalue weighted by atomic mass is 19.4. The third-order valence-corrected chi connectivity index (χ3v) is 4.66. The number of carbonyl (C=O) groups excluding carboxylic acids is 1. The van der Waals surface area contributed by atoms with Crippen LogP contribution in [0.4, 0.5) is 17.6 Å². The molecule has 0 saturated heterocycles. The smallest absolute Gasteiger partial charge is 0.340 e. The molecule has 28 heavy (non-hydrogen) atoms. The molecule has 10 heteroatoms. The molecule has 0 spiro atoms. The molecule has 4 rings (SSSR count). The Kier molecular flexibility index (Phi) is 4.28. The molecule has 3 aromatic rings. The van der Waals surface area contributed by atoms with Crippen LogP contribution in [0.25, 0.3) is 16.9 Å². The van der Waals surface area contributed by atoms with Gasteiger partial charge in [-0.3, -0.25) is 4.79 Å². The maximum absolute atomic E-state index is 14.0. The van der Waals surface area contributed by atoms with Gasteiger partial charge in [-0.15, -0.1) is 0 Å². The molecule has 1 saturated carbocycles. The average Bonchev–Trinajstić information content (AvgIpc) is 3.37. The van der Waals surface area contributed by atoms with Crippen molar-refractivity contribution in [3.05, 3.63) is 47.8 Å². The minimum atomic E-state index is -4.53. The van der Waals surface area contributed by atoms with Crippen molar-refractivity contribution in [1.82, 2.24) is 24.9 Å². The van der Waals surface area contributed by atoms with Gasteiger partial charge in [0.2, 0.25) is 5.95 Å². The monoisotopic (exact) mass is 393 g/mol. The summed E-state index contributed by atoms with van der Waals surface area (Å²) < 4.78 is 55.0. The van der Waals surface area contributed by atoms with Crippen molar-refractivity contribution in [2.24, 2.45) is 5.92 Å². The van der Waals surface area contributed by atoms with Gasteiger partial charge in [-0.05, 0) is 43.9 Å². The number of hydrogen-bond donors (Lipinski definition) is 1. The lowest BCUT2D eigenvalue weighted by atomic mass is 10.1. The number of pyridine rings is 1. The van der Waals surface area contributed by atoms with Crippen LogP contribution in [0.3, 0.4) is 0 Å². The number of fused-ring (bicyclic) bond motifs is 1. The van der Waals surface area contributed by atoms with Crippen LogP contribution in [-0.2, 0) is 0 Å². The van der Waals surface area contributed by atoms with Crippen LogP contribution >= 0.6 is 0 Å². The number of nitrogens with one attached hydrogen (secondary N) is 1. The molecule has 1 N–H and O–H groups in total. The molecular formula is C18H15F4N5O. The summed E-state index contributed by atoms with van der Waals surface area (Å²) in [4.78, 5) is 20.4. The van der Waals surface area contributed by atoms with Crippen LogP contribution in [0.5, 0.6) is 0 Å². The van der Waals surface area contributed by atoms with Crippen molar-refractivity contribution in [2.45, 2.75) is 32.0 Å². The minimum absolute atomic E-state index is 0.0486. The summed E-state index contributed by atoms with van der Waals surface area (Å²) in [5.74, 6) is -2.27. The quantitative estimate of drug-likeness (QED) is 0.545. The first kappa shape index (κ1) is 18.3. The third-order valence-electron chi connectivity index (χ3n) is 4.66. The van der Waals surface area contributed by atoms with Crippen molar-refractivity contribution in [3.8, 4) is 11.3 Å². The Hall–Kier alpha value is -3.04. The zero-order chi connectivity index (χ0) is 20.1. The second kappa shape index (κ2) is 6.54. The molecule has 0 radical (unpaired) electrons. The van der Waals surface area contributed by atoms with Gasteiger partial charge < -0.3 is 5.32 Å². The molecular weight excluding hydrogens is 378 g/mol. The Morgan fingerprint density at radius 2 is 2.11 bits per heavy atom. The first-order chi connectivity index (χ1) is 13.3. The molecule has 0 aliphatic heterocycles. The lowest BCUT2D eigenvalue weighted by Gasteiger charge is -2.20. The van der Waals surface area contributed by atoms with Gasteiger partial charge in [0.1, 0.15) is 11.6 Å². The number of nitrogens with zero attached hydrogens (tertiary/aromatic N) is 4. The minimum Gasteiger partial charge on any atom is -0.340 e. The fraction of sp³-hybridized carbons (Fsp3) is 0.333. The van der Waals surface area contributed by atoms with E-state index in [1.54, 1.807) is 13.0 Å². The fourth-order valence-electron chi connectivity index (χ4n) is 3.10. The van der Waals surface area contributed by atoms with E-state index in [0.29, 0.717) is 18.5 Å². The topological polar surface area (TPSA) is 72.2 Å². The molecule has 1 fully saturated rings. The van der Waals surface area contributed by atoms with Crippen molar-refractivity contribution >= 4 is 11.6 Å². The Morgan fingerprint density at radius 1 is 1.36 bits per heavy atom. The summed E-state index contributed by atoms with van der Waals surface area (Å²) in [6.07, 6.45) is -1.25. The highest BCUT2D eigenvalue weighted by Gasteiger charge is 2.49. The Bertz CT molecular complexity index is 1060. The molecule has 146 valence electrons. The Morgan fingerprint density at radius 3 is 2.75 bits per heavy atom. The molecule has 0 bridgehead atoms. The van der Waals surface area contributed by atoms with E-state index in [-0.39, 0.29) is 22.5 Å². The number of amides is 1. The van der Waals surface area contributed by atoms with E-state index in [0.717, 1.165) is 6.20 Å². The summed E-state index contributed by atoms with van der Waals surface area (Å²) in [6.45, 7) is 1.67. The molecule has 3 heterocycles. The number of carbonyl (C=O) groups is 1. The zero-order valence-electron chi connectivity index (χ0n) is 14.7. The number of hydrogen-bond acceptors (Lipinski definition) is 4. The predicted molar refractivity (Wildman–Crippen MR) is 90.9 cm³/mol. The van der Waals surface area contributed by atoms with Crippen molar-refractivity contribution in [2.75, 3.05) is 0 Å². The van der Waals surface area contributed by atoms with Crippen LogP contribution in [0.1, 0.15) is 28.9 Å². The average molecular weight is 393 g/mol.